The monoisotopic (exact) mass is 480 g/mol. The van der Waals surface area contributed by atoms with Crippen LogP contribution in [0.15, 0.2) is 0 Å². The molecule has 4 fully saturated rings. The molecule has 4 aliphatic heterocycles. The van der Waals surface area contributed by atoms with Crippen molar-refractivity contribution in [1.82, 2.24) is 19.6 Å². The van der Waals surface area contributed by atoms with Gasteiger partial charge in [-0.1, -0.05) is 6.92 Å². The second-order valence-electron chi connectivity index (χ2n) is 10.2. The molecule has 0 saturated carbocycles. The van der Waals surface area contributed by atoms with Crippen molar-refractivity contribution in [3.63, 3.8) is 0 Å². The number of carbonyl (C=O) groups is 1. The number of nitrogens with one attached hydrogen (secondary N) is 1. The van der Waals surface area contributed by atoms with Crippen molar-refractivity contribution in [3.8, 4) is 0 Å². The maximum atomic E-state index is 13.9. The summed E-state index contributed by atoms with van der Waals surface area (Å²) in [6, 6.07) is -2.31. The first-order valence-electron chi connectivity index (χ1n) is 11.8. The molecule has 4 unspecified atom stereocenters. The van der Waals surface area contributed by atoms with Crippen molar-refractivity contribution in [2.24, 2.45) is 23.7 Å². The lowest BCUT2D eigenvalue weighted by Crippen LogP contribution is -2.52. The van der Waals surface area contributed by atoms with Gasteiger partial charge in [-0.05, 0) is 56.3 Å². The second kappa shape index (κ2) is 9.03. The van der Waals surface area contributed by atoms with E-state index in [0.29, 0.717) is 45.1 Å². The number of alkyl halides is 3. The van der Waals surface area contributed by atoms with Crippen LogP contribution in [0.5, 0.6) is 0 Å². The van der Waals surface area contributed by atoms with Crippen LogP contribution in [0.2, 0.25) is 0 Å². The molecule has 11 heteroatoms. The molecular formula is C21H35F3N4O3S. The number of amides is 1. The Morgan fingerprint density at radius 2 is 1.53 bits per heavy atom. The van der Waals surface area contributed by atoms with Gasteiger partial charge >= 0.3 is 6.18 Å². The molecule has 1 amide bonds. The fraction of sp³-hybridized carbons (Fsp3) is 0.952. The maximum absolute atomic E-state index is 13.9. The molecule has 1 N–H and O–H groups in total. The number of nitrogens with zero attached hydrogens (tertiary/aromatic N) is 3. The molecule has 0 bridgehead atoms. The molecule has 184 valence electrons. The van der Waals surface area contributed by atoms with Crippen LogP contribution in [0, 0.1) is 23.7 Å². The van der Waals surface area contributed by atoms with E-state index in [1.165, 1.54) is 10.6 Å². The Hall–Kier alpha value is -0.910. The van der Waals surface area contributed by atoms with Crippen molar-refractivity contribution in [3.05, 3.63) is 0 Å². The normalized spacial score (nSPS) is 34.6. The van der Waals surface area contributed by atoms with Gasteiger partial charge in [0.25, 0.3) is 0 Å². The topological polar surface area (TPSA) is 73.0 Å². The molecule has 32 heavy (non-hydrogen) atoms. The summed E-state index contributed by atoms with van der Waals surface area (Å²) >= 11 is 0. The van der Waals surface area contributed by atoms with E-state index in [4.69, 9.17) is 0 Å². The zero-order valence-corrected chi connectivity index (χ0v) is 19.7. The van der Waals surface area contributed by atoms with E-state index >= 15 is 0 Å². The largest absolute Gasteiger partial charge is 0.406 e. The number of piperidine rings is 3. The molecule has 0 radical (unpaired) electrons. The van der Waals surface area contributed by atoms with Crippen molar-refractivity contribution in [2.45, 2.75) is 63.7 Å². The molecule has 4 atom stereocenters. The van der Waals surface area contributed by atoms with Gasteiger partial charge in [-0.15, -0.1) is 0 Å². The van der Waals surface area contributed by atoms with Gasteiger partial charge in [0, 0.05) is 38.8 Å². The number of sulfonamides is 1. The van der Waals surface area contributed by atoms with E-state index < -0.39 is 34.2 Å². The highest BCUT2D eigenvalue weighted by molar-refractivity contribution is 7.88. The SMILES string of the molecule is CC1CCN(C(=O)C2C3CC(C4CCN(S(C)(=O)=O)CC4)CCN3NC2C(F)(F)F)CC1. The average molecular weight is 481 g/mol. The predicted octanol–water partition coefficient (Wildman–Crippen LogP) is 2.06. The number of hydrogen-bond acceptors (Lipinski definition) is 5. The average Bonchev–Trinajstić information content (AvgIpc) is 3.12. The second-order valence-corrected chi connectivity index (χ2v) is 12.2. The summed E-state index contributed by atoms with van der Waals surface area (Å²) in [4.78, 5) is 15.0. The van der Waals surface area contributed by atoms with Gasteiger partial charge in [0.2, 0.25) is 15.9 Å². The highest BCUT2D eigenvalue weighted by atomic mass is 32.2. The Kier molecular flexibility index (Phi) is 6.84. The van der Waals surface area contributed by atoms with E-state index in [1.807, 2.05) is 0 Å². The van der Waals surface area contributed by atoms with E-state index in [-0.39, 0.29) is 17.7 Å². The lowest BCUT2D eigenvalue weighted by atomic mass is 9.74. The highest BCUT2D eigenvalue weighted by Crippen LogP contribution is 2.43. The number of rotatable bonds is 3. The molecule has 0 aromatic heterocycles. The zero-order chi connectivity index (χ0) is 23.3. The first kappa shape index (κ1) is 24.2. The molecule has 0 spiro atoms. The van der Waals surface area contributed by atoms with Gasteiger partial charge in [0.1, 0.15) is 6.04 Å². The van der Waals surface area contributed by atoms with Crippen LogP contribution in [0.4, 0.5) is 13.2 Å². The number of carbonyl (C=O) groups excluding carboxylic acids is 1. The van der Waals surface area contributed by atoms with Crippen LogP contribution < -0.4 is 5.43 Å². The standard InChI is InChI=1S/C21H35F3N4O3S/c1-14-3-8-26(9-4-14)20(29)18-17-13-16(7-12-28(17)25-19(18)21(22,23)24)15-5-10-27(11-6-15)32(2,30)31/h14-19,25H,3-13H2,1-2H3. The van der Waals surface area contributed by atoms with Gasteiger partial charge in [-0.25, -0.2) is 23.2 Å². The van der Waals surface area contributed by atoms with Gasteiger partial charge < -0.3 is 4.90 Å². The summed E-state index contributed by atoms with van der Waals surface area (Å²) in [7, 11) is -3.21. The van der Waals surface area contributed by atoms with E-state index in [0.717, 1.165) is 32.1 Å². The Bertz CT molecular complexity index is 793. The van der Waals surface area contributed by atoms with Crippen LogP contribution >= 0.6 is 0 Å². The van der Waals surface area contributed by atoms with Crippen molar-refractivity contribution >= 4 is 15.9 Å². The Morgan fingerprint density at radius 1 is 0.938 bits per heavy atom. The van der Waals surface area contributed by atoms with E-state index in [2.05, 4.69) is 12.3 Å². The fourth-order valence-electron chi connectivity index (χ4n) is 6.14. The molecule has 4 heterocycles. The van der Waals surface area contributed by atoms with Gasteiger partial charge in [0.15, 0.2) is 0 Å². The lowest BCUT2D eigenvalue weighted by Gasteiger charge is -2.42. The zero-order valence-electron chi connectivity index (χ0n) is 18.9. The minimum Gasteiger partial charge on any atom is -0.342 e. The Morgan fingerprint density at radius 3 is 2.09 bits per heavy atom. The molecule has 0 aromatic carbocycles. The van der Waals surface area contributed by atoms with Crippen molar-refractivity contribution < 1.29 is 26.4 Å². The Labute approximate surface area is 188 Å². The quantitative estimate of drug-likeness (QED) is 0.670. The van der Waals surface area contributed by atoms with Crippen molar-refractivity contribution in [2.75, 3.05) is 39.0 Å². The first-order chi connectivity index (χ1) is 14.9. The maximum Gasteiger partial charge on any atom is 0.406 e. The minimum atomic E-state index is -4.49. The van der Waals surface area contributed by atoms with Crippen LogP contribution in [-0.4, -0.2) is 85.8 Å². The number of likely N-dealkylation sites (tertiary alicyclic amines) is 1. The number of halogens is 3. The van der Waals surface area contributed by atoms with Gasteiger partial charge in [-0.3, -0.25) is 4.79 Å². The Balaban J connectivity index is 1.47. The number of hydrazine groups is 1. The predicted molar refractivity (Wildman–Crippen MR) is 114 cm³/mol. The fourth-order valence-corrected chi connectivity index (χ4v) is 7.01. The minimum absolute atomic E-state index is 0.212. The van der Waals surface area contributed by atoms with Crippen LogP contribution in [0.3, 0.4) is 0 Å². The van der Waals surface area contributed by atoms with Gasteiger partial charge in [0.05, 0.1) is 12.2 Å². The molecule has 4 aliphatic rings. The summed E-state index contributed by atoms with van der Waals surface area (Å²) in [5.74, 6) is -0.503. The lowest BCUT2D eigenvalue weighted by molar-refractivity contribution is -0.172. The smallest absolute Gasteiger partial charge is 0.342 e. The summed E-state index contributed by atoms with van der Waals surface area (Å²) < 4.78 is 66.9. The van der Waals surface area contributed by atoms with Crippen molar-refractivity contribution in [1.29, 1.82) is 0 Å². The molecule has 0 aromatic rings. The first-order valence-corrected chi connectivity index (χ1v) is 13.6. The summed E-state index contributed by atoms with van der Waals surface area (Å²) in [6.07, 6.45) is 1.15. The number of hydrogen-bond donors (Lipinski definition) is 1. The third-order valence-electron chi connectivity index (χ3n) is 8.13. The number of fused-ring (bicyclic) bond motifs is 1. The highest BCUT2D eigenvalue weighted by Gasteiger charge is 2.59. The third-order valence-corrected chi connectivity index (χ3v) is 9.43. The molecule has 4 rings (SSSR count). The van der Waals surface area contributed by atoms with E-state index in [9.17, 15) is 26.4 Å². The molecule has 4 saturated heterocycles. The third kappa shape index (κ3) is 4.95. The van der Waals surface area contributed by atoms with Crippen LogP contribution in [-0.2, 0) is 14.8 Å². The van der Waals surface area contributed by atoms with Crippen LogP contribution in [0.25, 0.3) is 0 Å². The van der Waals surface area contributed by atoms with Crippen LogP contribution in [0.1, 0.15) is 45.4 Å². The molecule has 0 aliphatic carbocycles. The van der Waals surface area contributed by atoms with Gasteiger partial charge in [-0.2, -0.15) is 13.2 Å². The summed E-state index contributed by atoms with van der Waals surface area (Å²) in [5.41, 5.74) is 2.64. The summed E-state index contributed by atoms with van der Waals surface area (Å²) in [5, 5.41) is 1.66. The summed E-state index contributed by atoms with van der Waals surface area (Å²) in [6.45, 7) is 4.58. The molecule has 7 nitrogen and oxygen atoms in total. The molecular weight excluding hydrogens is 445 g/mol. The van der Waals surface area contributed by atoms with E-state index in [1.54, 1.807) is 9.91 Å².